The van der Waals surface area contributed by atoms with Gasteiger partial charge in [0.25, 0.3) is 0 Å². The van der Waals surface area contributed by atoms with Gasteiger partial charge in [0.2, 0.25) is 0 Å². The predicted octanol–water partition coefficient (Wildman–Crippen LogP) is 3.47. The van der Waals surface area contributed by atoms with Gasteiger partial charge in [-0.05, 0) is 0 Å². The third-order valence-electron chi connectivity index (χ3n) is 7.42. The Balaban J connectivity index is 1.48. The van der Waals surface area contributed by atoms with Crippen LogP contribution in [0.3, 0.4) is 0 Å². The fraction of sp³-hybridized carbons (Fsp3) is 0.467. The van der Waals surface area contributed by atoms with Gasteiger partial charge < -0.3 is 5.32 Å². The number of carbonyl (C=O) groups is 3. The SMILES string of the molecule is CCC(COP(NCC(=O)OC1CCCC1)OC1=BOC=Cc2c1c1ccccc1n2C)OC(C)N(C=O)/C=C\C(=O)NC. The van der Waals surface area contributed by atoms with E-state index in [4.69, 9.17) is 23.2 Å². The van der Waals surface area contributed by atoms with Crippen molar-refractivity contribution in [2.75, 3.05) is 20.2 Å². The van der Waals surface area contributed by atoms with Crippen LogP contribution >= 0.6 is 8.53 Å². The molecule has 14 heteroatoms. The van der Waals surface area contributed by atoms with Crippen LogP contribution in [0.25, 0.3) is 17.0 Å². The van der Waals surface area contributed by atoms with Crippen LogP contribution in [0.4, 0.5) is 0 Å². The number of likely N-dealkylation sites (N-methyl/N-ethyl adjacent to an activating group) is 1. The topological polar surface area (TPSA) is 130 Å². The van der Waals surface area contributed by atoms with Gasteiger partial charge in [-0.25, -0.2) is 0 Å². The van der Waals surface area contributed by atoms with Crippen molar-refractivity contribution in [3.8, 4) is 0 Å². The molecule has 1 saturated carbocycles. The number of aromatic nitrogens is 1. The Kier molecular flexibility index (Phi) is 12.5. The number of benzene rings is 1. The molecule has 1 aromatic carbocycles. The van der Waals surface area contributed by atoms with Crippen LogP contribution in [-0.4, -0.2) is 79.2 Å². The normalized spacial score (nSPS) is 16.7. The number of esters is 1. The van der Waals surface area contributed by atoms with Crippen molar-refractivity contribution in [3.05, 3.63) is 54.1 Å². The van der Waals surface area contributed by atoms with Gasteiger partial charge in [-0.15, -0.1) is 0 Å². The van der Waals surface area contributed by atoms with E-state index in [1.54, 1.807) is 13.2 Å². The minimum absolute atomic E-state index is 0.0581. The molecule has 2 heterocycles. The summed E-state index contributed by atoms with van der Waals surface area (Å²) in [4.78, 5) is 37.1. The van der Waals surface area contributed by atoms with Crippen LogP contribution in [0, 0.1) is 0 Å². The van der Waals surface area contributed by atoms with E-state index < -0.39 is 20.9 Å². The van der Waals surface area contributed by atoms with Crippen LogP contribution in [0.1, 0.15) is 57.2 Å². The summed E-state index contributed by atoms with van der Waals surface area (Å²) in [6.45, 7) is 3.62. The Morgan fingerprint density at radius 1 is 1.27 bits per heavy atom. The average Bonchev–Trinajstić information content (AvgIpc) is 3.58. The molecule has 4 rings (SSSR count). The summed E-state index contributed by atoms with van der Waals surface area (Å²) in [5, 5.41) is 6.54. The molecule has 1 aliphatic heterocycles. The van der Waals surface area contributed by atoms with E-state index >= 15 is 0 Å². The fourth-order valence-corrected chi connectivity index (χ4v) is 6.07. The van der Waals surface area contributed by atoms with Gasteiger partial charge in [0.05, 0.1) is 0 Å². The average molecular weight is 626 g/mol. The van der Waals surface area contributed by atoms with Crippen LogP contribution in [0.5, 0.6) is 0 Å². The first-order valence-electron chi connectivity index (χ1n) is 14.8. The molecule has 0 radical (unpaired) electrons. The zero-order valence-corrected chi connectivity index (χ0v) is 26.5. The van der Waals surface area contributed by atoms with Crippen LogP contribution < -0.4 is 10.4 Å². The first-order valence-corrected chi connectivity index (χ1v) is 15.9. The second-order valence-corrected chi connectivity index (χ2v) is 11.7. The second kappa shape index (κ2) is 16.5. The van der Waals surface area contributed by atoms with E-state index in [-0.39, 0.29) is 31.1 Å². The smallest absolute Gasteiger partial charge is 0.356 e. The van der Waals surface area contributed by atoms with Crippen molar-refractivity contribution in [1.82, 2.24) is 19.9 Å². The molecule has 0 saturated heterocycles. The molecule has 12 nitrogen and oxygen atoms in total. The Morgan fingerprint density at radius 2 is 2.05 bits per heavy atom. The van der Waals surface area contributed by atoms with Crippen molar-refractivity contribution < 1.29 is 37.6 Å². The summed E-state index contributed by atoms with van der Waals surface area (Å²) in [6, 6.07) is 7.98. The Labute approximate surface area is 259 Å². The number of carbonyl (C=O) groups excluding carboxylic acids is 3. The number of nitrogens with zero attached hydrogens (tertiary/aromatic N) is 2. The van der Waals surface area contributed by atoms with E-state index in [2.05, 4.69) is 15.0 Å². The monoisotopic (exact) mass is 626 g/mol. The van der Waals surface area contributed by atoms with E-state index in [9.17, 15) is 14.4 Å². The third-order valence-corrected chi connectivity index (χ3v) is 8.58. The first kappa shape index (κ1) is 33.4. The molecule has 1 aromatic heterocycles. The summed E-state index contributed by atoms with van der Waals surface area (Å²) in [5.74, 6) is -0.724. The van der Waals surface area contributed by atoms with Crippen molar-refractivity contribution >= 4 is 56.6 Å². The van der Waals surface area contributed by atoms with Crippen molar-refractivity contribution in [3.63, 3.8) is 0 Å². The van der Waals surface area contributed by atoms with Gasteiger partial charge in [-0.3, -0.25) is 4.79 Å². The van der Waals surface area contributed by atoms with Crippen molar-refractivity contribution in [1.29, 1.82) is 0 Å². The molecule has 1 aliphatic carbocycles. The van der Waals surface area contributed by atoms with E-state index in [0.29, 0.717) is 18.5 Å². The minimum atomic E-state index is -1.88. The Hall–Kier alpha value is -3.51. The van der Waals surface area contributed by atoms with E-state index in [1.165, 1.54) is 31.3 Å². The molecule has 44 heavy (non-hydrogen) atoms. The third kappa shape index (κ3) is 8.78. The number of fused-ring (bicyclic) bond motifs is 3. The van der Waals surface area contributed by atoms with Crippen LogP contribution in [0.2, 0.25) is 0 Å². The summed E-state index contributed by atoms with van der Waals surface area (Å²) in [6.07, 6.45) is 9.89. The number of nitrogens with one attached hydrogen (secondary N) is 2. The molecular weight excluding hydrogens is 586 g/mol. The molecule has 1 fully saturated rings. The molecule has 3 unspecified atom stereocenters. The van der Waals surface area contributed by atoms with Crippen LogP contribution in [-0.2, 0) is 44.6 Å². The maximum atomic E-state index is 12.7. The Morgan fingerprint density at radius 3 is 2.77 bits per heavy atom. The number of para-hydroxylation sites is 1. The first-order chi connectivity index (χ1) is 21.3. The minimum Gasteiger partial charge on any atom is -0.356 e. The quantitative estimate of drug-likeness (QED) is 0.0719. The van der Waals surface area contributed by atoms with Crippen molar-refractivity contribution in [2.24, 2.45) is 7.05 Å². The molecule has 2 N–H and O–H groups in total. The summed E-state index contributed by atoms with van der Waals surface area (Å²) in [5.41, 5.74) is 3.20. The van der Waals surface area contributed by atoms with Gasteiger partial charge in [0.15, 0.2) is 0 Å². The maximum absolute atomic E-state index is 12.7. The van der Waals surface area contributed by atoms with Crippen LogP contribution in [0.15, 0.2) is 42.8 Å². The molecule has 0 bridgehead atoms. The number of rotatable bonds is 16. The molecule has 3 atom stereocenters. The number of hydrogen-bond acceptors (Lipinski definition) is 9. The fourth-order valence-electron chi connectivity index (χ4n) is 4.99. The second-order valence-electron chi connectivity index (χ2n) is 10.4. The summed E-state index contributed by atoms with van der Waals surface area (Å²) < 4.78 is 32.0. The standard InChI is InChI=1S/C30H40BN4O8P/c1-5-22(41-21(2)35(20-36)16-14-27(37)32-3)19-40-44(33-18-28(38)42-23-10-6-7-11-23)43-30-29-24-12-8-9-13-25(24)34(4)26(29)15-17-39-31-30/h8-9,12-17,20-23,33H,5-7,10-11,18-19H2,1-4H3,(H,32,37)/b16-14-. The summed E-state index contributed by atoms with van der Waals surface area (Å²) >= 11 is 0. The number of amides is 2. The number of ether oxygens (including phenoxy) is 2. The zero-order chi connectivity index (χ0) is 31.5. The zero-order valence-electron chi connectivity index (χ0n) is 25.6. The summed E-state index contributed by atoms with van der Waals surface area (Å²) in [7, 11) is 3.11. The van der Waals surface area contributed by atoms with Crippen molar-refractivity contribution in [2.45, 2.75) is 64.4 Å². The molecule has 2 amide bonds. The molecule has 2 aliphatic rings. The molecule has 0 spiro atoms. The Bertz CT molecular complexity index is 1390. The van der Waals surface area contributed by atoms with Gasteiger partial charge in [0, 0.05) is 7.05 Å². The van der Waals surface area contributed by atoms with Gasteiger partial charge in [-0.1, -0.05) is 0 Å². The van der Waals surface area contributed by atoms with Gasteiger partial charge >= 0.3 is 243 Å². The molecular formula is C30H40BN4O8P. The molecule has 236 valence electrons. The number of aryl methyl sites for hydroxylation is 1. The number of hydrogen-bond donors (Lipinski definition) is 2. The molecule has 2 aromatic rings. The predicted molar refractivity (Wildman–Crippen MR) is 169 cm³/mol. The van der Waals surface area contributed by atoms with E-state index in [1.807, 2.05) is 44.3 Å². The van der Waals surface area contributed by atoms with Gasteiger partial charge in [-0.2, -0.15) is 0 Å². The van der Waals surface area contributed by atoms with Gasteiger partial charge in [0.1, 0.15) is 0 Å². The van der Waals surface area contributed by atoms with E-state index in [0.717, 1.165) is 47.8 Å².